The van der Waals surface area contributed by atoms with Crippen LogP contribution >= 0.6 is 0 Å². The van der Waals surface area contributed by atoms with E-state index < -0.39 is 11.9 Å². The highest BCUT2D eigenvalue weighted by molar-refractivity contribution is 6.04. The first-order chi connectivity index (χ1) is 28.1. The van der Waals surface area contributed by atoms with E-state index in [0.29, 0.717) is 56.5 Å². The molecule has 0 aliphatic heterocycles. The summed E-state index contributed by atoms with van der Waals surface area (Å²) in [5.41, 5.74) is 4.64. The van der Waals surface area contributed by atoms with E-state index in [9.17, 15) is 28.0 Å². The third-order valence-electron chi connectivity index (χ3n) is 7.82. The molecule has 14 heteroatoms. The van der Waals surface area contributed by atoms with Crippen LogP contribution in [0, 0.1) is 11.6 Å². The highest BCUT2D eigenvalue weighted by Gasteiger charge is 2.12. The Morgan fingerprint density at radius 1 is 0.690 bits per heavy atom. The van der Waals surface area contributed by atoms with Gasteiger partial charge in [-0.2, -0.15) is 0 Å². The van der Waals surface area contributed by atoms with Crippen LogP contribution in [0.25, 0.3) is 12.2 Å². The number of pyridine rings is 2. The number of carbonyl (C=O) groups excluding carboxylic acids is 4. The first-order valence-corrected chi connectivity index (χ1v) is 17.3. The number of anilines is 1. The maximum Gasteiger partial charge on any atom is 0.330 e. The van der Waals surface area contributed by atoms with E-state index >= 15 is 0 Å². The van der Waals surface area contributed by atoms with Crippen molar-refractivity contribution in [3.8, 4) is 23.0 Å². The fourth-order valence-corrected chi connectivity index (χ4v) is 4.98. The molecule has 0 bridgehead atoms. The second-order valence-corrected chi connectivity index (χ2v) is 11.9. The Labute approximate surface area is 331 Å². The number of Topliss-reactive ketones (excluding diaryl/α,β-unsaturated/α-hetero) is 1. The molecule has 3 N–H and O–H groups in total. The average Bonchev–Trinajstić information content (AvgIpc) is 3.25. The average molecular weight is 785 g/mol. The van der Waals surface area contributed by atoms with E-state index in [1.54, 1.807) is 73.1 Å². The lowest BCUT2D eigenvalue weighted by atomic mass is 10.0. The minimum atomic E-state index is -0.713. The topological polar surface area (TPSA) is 166 Å². The van der Waals surface area contributed by atoms with Gasteiger partial charge in [0.1, 0.15) is 34.6 Å². The van der Waals surface area contributed by atoms with E-state index in [1.807, 2.05) is 0 Å². The Morgan fingerprint density at radius 3 is 1.79 bits per heavy atom. The fourth-order valence-electron chi connectivity index (χ4n) is 4.98. The SMILES string of the molecule is COC(=O)/C=C/c1cc(NC(=O)c2cccnc2)ccc1Oc1ccc(F)cc1.O=C(/C=C/c1cc(CC(=O)c2cccnc2)ccc1Oc1ccc(F)cc1)NO. The van der Waals surface area contributed by atoms with Gasteiger partial charge >= 0.3 is 5.97 Å². The number of hydrogen-bond donors (Lipinski definition) is 3. The van der Waals surface area contributed by atoms with Crippen LogP contribution in [0.5, 0.6) is 23.0 Å². The van der Waals surface area contributed by atoms with Gasteiger partial charge in [-0.25, -0.2) is 19.1 Å². The molecule has 6 aromatic rings. The van der Waals surface area contributed by atoms with Gasteiger partial charge in [-0.3, -0.25) is 29.6 Å². The number of nitrogens with zero attached hydrogens (tertiary/aromatic N) is 2. The Hall–Kier alpha value is -7.84. The molecule has 2 aromatic heterocycles. The van der Waals surface area contributed by atoms with Gasteiger partial charge in [-0.1, -0.05) is 6.07 Å². The minimum absolute atomic E-state index is 0.103. The molecule has 4 aromatic carbocycles. The van der Waals surface area contributed by atoms with Crippen LogP contribution < -0.4 is 20.3 Å². The number of esters is 1. The molecular weight excluding hydrogens is 750 g/mol. The predicted octanol–water partition coefficient (Wildman–Crippen LogP) is 8.41. The lowest BCUT2D eigenvalue weighted by Crippen LogP contribution is -2.14. The van der Waals surface area contributed by atoms with Gasteiger partial charge in [0.25, 0.3) is 11.8 Å². The number of methoxy groups -OCH3 is 1. The van der Waals surface area contributed by atoms with Crippen LogP contribution in [0.3, 0.4) is 0 Å². The van der Waals surface area contributed by atoms with Crippen molar-refractivity contribution in [2.75, 3.05) is 12.4 Å². The Morgan fingerprint density at radius 2 is 1.24 bits per heavy atom. The van der Waals surface area contributed by atoms with Crippen molar-refractivity contribution in [1.29, 1.82) is 0 Å². The number of benzene rings is 4. The number of nitrogens with one attached hydrogen (secondary N) is 2. The third-order valence-corrected chi connectivity index (χ3v) is 7.82. The van der Waals surface area contributed by atoms with Gasteiger partial charge in [0, 0.05) is 65.7 Å². The summed E-state index contributed by atoms with van der Waals surface area (Å²) in [7, 11) is 1.27. The summed E-state index contributed by atoms with van der Waals surface area (Å²) in [5, 5.41) is 11.4. The summed E-state index contributed by atoms with van der Waals surface area (Å²) in [5.74, 6) is -0.804. The molecule has 6 rings (SSSR count). The molecule has 0 aliphatic carbocycles. The summed E-state index contributed by atoms with van der Waals surface area (Å²) < 4.78 is 42.4. The van der Waals surface area contributed by atoms with Crippen LogP contribution in [-0.4, -0.2) is 45.9 Å². The normalized spacial score (nSPS) is 10.6. The molecular formula is C44H34F2N4O8. The molecule has 0 radical (unpaired) electrons. The summed E-state index contributed by atoms with van der Waals surface area (Å²) >= 11 is 0. The van der Waals surface area contributed by atoms with Crippen molar-refractivity contribution in [2.45, 2.75) is 6.42 Å². The number of carbonyl (C=O) groups is 4. The summed E-state index contributed by atoms with van der Waals surface area (Å²) in [6, 6.07) is 27.7. The molecule has 292 valence electrons. The van der Waals surface area contributed by atoms with Crippen molar-refractivity contribution in [3.63, 3.8) is 0 Å². The van der Waals surface area contributed by atoms with Crippen molar-refractivity contribution in [1.82, 2.24) is 15.4 Å². The van der Waals surface area contributed by atoms with E-state index in [1.165, 1.54) is 91.7 Å². The molecule has 0 saturated heterocycles. The van der Waals surface area contributed by atoms with Gasteiger partial charge in [0.15, 0.2) is 5.78 Å². The maximum atomic E-state index is 13.1. The number of ether oxygens (including phenoxy) is 3. The van der Waals surface area contributed by atoms with Crippen LogP contribution in [0.15, 0.2) is 146 Å². The molecule has 0 atom stereocenters. The first kappa shape index (κ1) is 41.3. The summed E-state index contributed by atoms with van der Waals surface area (Å²) in [4.78, 5) is 55.4. The van der Waals surface area contributed by atoms with Crippen LogP contribution in [-0.2, 0) is 20.7 Å². The largest absolute Gasteiger partial charge is 0.466 e. The lowest BCUT2D eigenvalue weighted by Gasteiger charge is -2.12. The second kappa shape index (κ2) is 20.7. The van der Waals surface area contributed by atoms with Crippen molar-refractivity contribution in [2.24, 2.45) is 0 Å². The molecule has 0 aliphatic rings. The van der Waals surface area contributed by atoms with Crippen LogP contribution in [0.1, 0.15) is 37.4 Å². The highest BCUT2D eigenvalue weighted by atomic mass is 19.1. The molecule has 12 nitrogen and oxygen atoms in total. The number of hydroxylamine groups is 1. The van der Waals surface area contributed by atoms with E-state index in [4.69, 9.17) is 14.7 Å². The Balaban J connectivity index is 0.000000221. The van der Waals surface area contributed by atoms with Crippen molar-refractivity contribution >= 4 is 41.4 Å². The number of halogens is 2. The van der Waals surface area contributed by atoms with Gasteiger partial charge in [0.2, 0.25) is 0 Å². The quantitative estimate of drug-likeness (QED) is 0.0340. The van der Waals surface area contributed by atoms with Crippen molar-refractivity contribution < 1.29 is 47.4 Å². The van der Waals surface area contributed by atoms with E-state index in [-0.39, 0.29) is 29.7 Å². The molecule has 0 saturated carbocycles. The van der Waals surface area contributed by atoms with Gasteiger partial charge in [0.05, 0.1) is 12.7 Å². The smallest absolute Gasteiger partial charge is 0.330 e. The van der Waals surface area contributed by atoms with Crippen LogP contribution in [0.2, 0.25) is 0 Å². The minimum Gasteiger partial charge on any atom is -0.466 e. The van der Waals surface area contributed by atoms with Crippen LogP contribution in [0.4, 0.5) is 14.5 Å². The number of hydrogen-bond acceptors (Lipinski definition) is 10. The van der Waals surface area contributed by atoms with Crippen molar-refractivity contribution in [3.05, 3.63) is 186 Å². The standard InChI is InChI=1S/2C22H17FN2O4/c1-28-21(26)11-4-15-13-18(25-22(27)16-3-2-12-24-14-16)7-10-20(15)29-19-8-5-17(23)6-9-19;23-18-5-7-19(8-6-18)29-21-9-3-15(12-16(21)4-10-22(27)25-28)13-20(26)17-2-1-11-24-14-17/h2-14H,1H3,(H,25,27);1-12,14,28H,13H2,(H,25,27)/b11-4+;10-4+. The molecule has 2 heterocycles. The van der Waals surface area contributed by atoms with E-state index in [2.05, 4.69) is 20.0 Å². The highest BCUT2D eigenvalue weighted by Crippen LogP contribution is 2.30. The first-order valence-electron chi connectivity index (χ1n) is 17.3. The molecule has 2 amide bonds. The Kier molecular flexibility index (Phi) is 14.8. The Bertz CT molecular complexity index is 2240. The summed E-state index contributed by atoms with van der Waals surface area (Å²) in [6.07, 6.45) is 11.6. The number of ketones is 1. The monoisotopic (exact) mass is 784 g/mol. The summed E-state index contributed by atoms with van der Waals surface area (Å²) in [6.45, 7) is 0. The zero-order chi connectivity index (χ0) is 41.3. The zero-order valence-corrected chi connectivity index (χ0v) is 30.7. The van der Waals surface area contributed by atoms with Gasteiger partial charge in [-0.05, 0) is 121 Å². The number of amides is 2. The molecule has 0 unspecified atom stereocenters. The predicted molar refractivity (Wildman–Crippen MR) is 210 cm³/mol. The zero-order valence-electron chi connectivity index (χ0n) is 30.7. The number of aromatic nitrogens is 2. The lowest BCUT2D eigenvalue weighted by molar-refractivity contribution is -0.134. The molecule has 0 fully saturated rings. The van der Waals surface area contributed by atoms with Gasteiger partial charge in [-0.15, -0.1) is 0 Å². The van der Waals surface area contributed by atoms with Gasteiger partial charge < -0.3 is 19.5 Å². The van der Waals surface area contributed by atoms with E-state index in [0.717, 1.165) is 6.08 Å². The molecule has 0 spiro atoms. The molecule has 58 heavy (non-hydrogen) atoms. The second-order valence-electron chi connectivity index (χ2n) is 11.9. The maximum absolute atomic E-state index is 13.1. The third kappa shape index (κ3) is 12.6. The number of rotatable bonds is 13. The fraction of sp³-hybridized carbons (Fsp3) is 0.0455.